The number of hydrogen-bond acceptors (Lipinski definition) is 7. The van der Waals surface area contributed by atoms with Crippen molar-refractivity contribution < 1.29 is 14.5 Å². The van der Waals surface area contributed by atoms with Crippen molar-refractivity contribution >= 4 is 77.9 Å². The predicted molar refractivity (Wildman–Crippen MR) is 152 cm³/mol. The van der Waals surface area contributed by atoms with Gasteiger partial charge in [0.05, 0.1) is 26.5 Å². The van der Waals surface area contributed by atoms with Crippen LogP contribution >= 0.6 is 43.5 Å². The van der Waals surface area contributed by atoms with Gasteiger partial charge in [0.2, 0.25) is 5.75 Å². The van der Waals surface area contributed by atoms with Gasteiger partial charge in [-0.1, -0.05) is 34.5 Å². The molecule has 0 radical (unpaired) electrons. The van der Waals surface area contributed by atoms with Gasteiger partial charge >= 0.3 is 5.69 Å². The minimum absolute atomic E-state index is 0.123. The second kappa shape index (κ2) is 11.8. The van der Waals surface area contributed by atoms with Gasteiger partial charge in [-0.25, -0.2) is 4.98 Å². The summed E-state index contributed by atoms with van der Waals surface area (Å²) < 4.78 is 7.60. The summed E-state index contributed by atoms with van der Waals surface area (Å²) in [5.41, 5.74) is 0.611. The number of amides is 1. The second-order valence-corrected chi connectivity index (χ2v) is 10.1. The van der Waals surface area contributed by atoms with Gasteiger partial charge in [-0.15, -0.1) is 0 Å². The molecule has 0 saturated heterocycles. The van der Waals surface area contributed by atoms with Gasteiger partial charge in [-0.3, -0.25) is 19.7 Å². The molecule has 0 atom stereocenters. The third kappa shape index (κ3) is 6.26. The quantitative estimate of drug-likeness (QED) is 0.141. The molecule has 1 amide bonds. The molecule has 0 aliphatic rings. The number of ether oxygens (including phenoxy) is 1. The number of aromatic nitrogens is 2. The van der Waals surface area contributed by atoms with Crippen molar-refractivity contribution in [2.75, 3.05) is 11.9 Å². The Kier molecular flexibility index (Phi) is 8.55. The van der Waals surface area contributed by atoms with Crippen LogP contribution in [0.3, 0.4) is 0 Å². The molecule has 0 aliphatic heterocycles. The number of fused-ring (bicyclic) bond motifs is 1. The maximum absolute atomic E-state index is 13.1. The van der Waals surface area contributed by atoms with Crippen molar-refractivity contribution in [1.82, 2.24) is 9.66 Å². The number of carbonyl (C=O) groups is 1. The van der Waals surface area contributed by atoms with Crippen LogP contribution < -0.4 is 15.6 Å². The van der Waals surface area contributed by atoms with Gasteiger partial charge in [0.1, 0.15) is 5.82 Å². The lowest BCUT2D eigenvalue weighted by Crippen LogP contribution is -2.22. The number of carbonyl (C=O) groups excluding carboxylic acids is 1. The number of hydrogen-bond donors (Lipinski definition) is 1. The Labute approximate surface area is 237 Å². The molecule has 4 rings (SSSR count). The van der Waals surface area contributed by atoms with E-state index in [0.29, 0.717) is 39.4 Å². The number of nitrogens with zero attached hydrogens (tertiary/aromatic N) is 4. The fourth-order valence-corrected chi connectivity index (χ4v) is 4.56. The first-order valence-electron chi connectivity index (χ1n) is 11.1. The molecule has 0 aliphatic carbocycles. The lowest BCUT2D eigenvalue weighted by atomic mass is 10.2. The van der Waals surface area contributed by atoms with E-state index in [4.69, 9.17) is 16.3 Å². The van der Waals surface area contributed by atoms with E-state index < -0.39 is 17.4 Å². The highest BCUT2D eigenvalue weighted by atomic mass is 79.9. The molecule has 10 nitrogen and oxygen atoms in total. The Balaban J connectivity index is 1.60. The summed E-state index contributed by atoms with van der Waals surface area (Å²) in [5, 5.41) is 19.6. The van der Waals surface area contributed by atoms with Crippen LogP contribution in [0.4, 0.5) is 11.4 Å². The van der Waals surface area contributed by atoms with Crippen LogP contribution in [0, 0.1) is 10.1 Å². The first-order valence-corrected chi connectivity index (χ1v) is 13.0. The average molecular weight is 664 g/mol. The molecule has 3 aromatic carbocycles. The summed E-state index contributed by atoms with van der Waals surface area (Å²) in [7, 11) is 0. The predicted octanol–water partition coefficient (Wildman–Crippen LogP) is 5.95. The van der Waals surface area contributed by atoms with Crippen LogP contribution in [0.25, 0.3) is 10.9 Å². The normalized spacial score (nSPS) is 11.2. The molecule has 0 unspecified atom stereocenters. The Morgan fingerprint density at radius 3 is 2.63 bits per heavy atom. The molecular formula is C25H18Br2ClN5O5. The molecule has 38 heavy (non-hydrogen) atoms. The summed E-state index contributed by atoms with van der Waals surface area (Å²) in [6.45, 7) is 1.37. The summed E-state index contributed by atoms with van der Waals surface area (Å²) in [6, 6.07) is 14.4. The van der Waals surface area contributed by atoms with Crippen LogP contribution in [-0.4, -0.2) is 33.3 Å². The van der Waals surface area contributed by atoms with Gasteiger partial charge < -0.3 is 10.1 Å². The second-order valence-electron chi connectivity index (χ2n) is 7.86. The van der Waals surface area contributed by atoms with Crippen molar-refractivity contribution in [2.24, 2.45) is 5.10 Å². The average Bonchev–Trinajstić information content (AvgIpc) is 2.88. The largest absolute Gasteiger partial charge is 0.476 e. The van der Waals surface area contributed by atoms with Gasteiger partial charge in [0.25, 0.3) is 11.5 Å². The van der Waals surface area contributed by atoms with Crippen molar-refractivity contribution in [3.8, 4) is 5.75 Å². The monoisotopic (exact) mass is 661 g/mol. The SMILES string of the molecule is CCc1nc2ccc(Br)cc2c(=O)n1N=Cc1cc(Br)c(OCC(=O)Nc2ccc(Cl)cc2)c([N+](=O)[O-])c1. The number of nitrogens with one attached hydrogen (secondary N) is 1. The molecule has 13 heteroatoms. The van der Waals surface area contributed by atoms with Crippen molar-refractivity contribution in [1.29, 1.82) is 0 Å². The summed E-state index contributed by atoms with van der Waals surface area (Å²) in [5.74, 6) is -0.204. The zero-order valence-corrected chi connectivity index (χ0v) is 23.6. The standard InChI is InChI=1S/C25H18Br2ClN5O5/c1-2-22-31-20-8-3-15(26)11-18(20)25(35)32(22)29-12-14-9-19(27)24(21(10-14)33(36)37)38-13-23(34)30-17-6-4-16(28)5-7-17/h3-12H,2,13H2,1H3,(H,30,34). The number of aryl methyl sites for hydroxylation is 1. The Bertz CT molecular complexity index is 1640. The van der Waals surface area contributed by atoms with E-state index in [0.717, 1.165) is 4.47 Å². The molecule has 0 bridgehead atoms. The molecule has 0 saturated carbocycles. The van der Waals surface area contributed by atoms with Crippen molar-refractivity contribution in [3.63, 3.8) is 0 Å². The Morgan fingerprint density at radius 1 is 1.21 bits per heavy atom. The number of benzene rings is 3. The minimum Gasteiger partial charge on any atom is -0.476 e. The first-order chi connectivity index (χ1) is 18.2. The highest BCUT2D eigenvalue weighted by Crippen LogP contribution is 2.36. The zero-order chi connectivity index (χ0) is 27.4. The summed E-state index contributed by atoms with van der Waals surface area (Å²) in [4.78, 5) is 41.0. The minimum atomic E-state index is -0.632. The number of anilines is 1. The number of nitro groups is 1. The van der Waals surface area contributed by atoms with E-state index in [-0.39, 0.29) is 21.5 Å². The third-order valence-corrected chi connectivity index (χ3v) is 6.57. The lowest BCUT2D eigenvalue weighted by Gasteiger charge is -2.11. The summed E-state index contributed by atoms with van der Waals surface area (Å²) >= 11 is 12.5. The fraction of sp³-hybridized carbons (Fsp3) is 0.120. The molecule has 1 N–H and O–H groups in total. The number of nitro benzene ring substituents is 1. The van der Waals surface area contributed by atoms with Crippen molar-refractivity contribution in [2.45, 2.75) is 13.3 Å². The van der Waals surface area contributed by atoms with Crippen LogP contribution in [0.1, 0.15) is 18.3 Å². The fourth-order valence-electron chi connectivity index (χ4n) is 3.49. The van der Waals surface area contributed by atoms with E-state index >= 15 is 0 Å². The smallest absolute Gasteiger partial charge is 0.312 e. The van der Waals surface area contributed by atoms with E-state index in [1.807, 2.05) is 6.92 Å². The Morgan fingerprint density at radius 2 is 1.95 bits per heavy atom. The van der Waals surface area contributed by atoms with Gasteiger partial charge in [0.15, 0.2) is 6.61 Å². The molecular weight excluding hydrogens is 646 g/mol. The van der Waals surface area contributed by atoms with Crippen LogP contribution in [0.2, 0.25) is 5.02 Å². The third-order valence-electron chi connectivity index (χ3n) is 5.23. The molecule has 1 heterocycles. The van der Waals surface area contributed by atoms with Gasteiger partial charge in [-0.2, -0.15) is 9.78 Å². The number of halogens is 3. The van der Waals surface area contributed by atoms with Crippen molar-refractivity contribution in [3.05, 3.63) is 100 Å². The van der Waals surface area contributed by atoms with Crippen LogP contribution in [0.5, 0.6) is 5.75 Å². The maximum Gasteiger partial charge on any atom is 0.312 e. The lowest BCUT2D eigenvalue weighted by molar-refractivity contribution is -0.385. The molecule has 0 fully saturated rings. The van der Waals surface area contributed by atoms with Crippen LogP contribution in [-0.2, 0) is 11.2 Å². The molecule has 1 aromatic heterocycles. The van der Waals surface area contributed by atoms with Gasteiger partial charge in [0, 0.05) is 33.2 Å². The highest BCUT2D eigenvalue weighted by Gasteiger charge is 2.21. The Hall–Kier alpha value is -3.61. The highest BCUT2D eigenvalue weighted by molar-refractivity contribution is 9.10. The van der Waals surface area contributed by atoms with E-state index in [2.05, 4.69) is 47.3 Å². The molecule has 4 aromatic rings. The molecule has 194 valence electrons. The number of rotatable bonds is 8. The van der Waals surface area contributed by atoms with Crippen LogP contribution in [0.15, 0.2) is 73.4 Å². The first kappa shape index (κ1) is 27.4. The van der Waals surface area contributed by atoms with E-state index in [9.17, 15) is 19.7 Å². The summed E-state index contributed by atoms with van der Waals surface area (Å²) in [6.07, 6.45) is 1.76. The topological polar surface area (TPSA) is 129 Å². The van der Waals surface area contributed by atoms with E-state index in [1.165, 1.54) is 23.0 Å². The van der Waals surface area contributed by atoms with E-state index in [1.54, 1.807) is 42.5 Å². The zero-order valence-electron chi connectivity index (χ0n) is 19.7. The maximum atomic E-state index is 13.1. The molecule has 0 spiro atoms. The van der Waals surface area contributed by atoms with Gasteiger partial charge in [-0.05, 0) is 64.5 Å².